The Labute approximate surface area is 83.1 Å². The largest absolute Gasteiger partial charge is 0.299 e. The highest BCUT2D eigenvalue weighted by molar-refractivity contribution is 5.14. The predicted octanol–water partition coefficient (Wildman–Crippen LogP) is 1.85. The van der Waals surface area contributed by atoms with Crippen LogP contribution in [0.2, 0.25) is 0 Å². The van der Waals surface area contributed by atoms with Crippen LogP contribution >= 0.6 is 0 Å². The van der Waals surface area contributed by atoms with Crippen LogP contribution in [-0.4, -0.2) is 23.5 Å². The molecule has 1 aromatic heterocycles. The smallest absolute Gasteiger partial charge is 0.0843 e. The summed E-state index contributed by atoms with van der Waals surface area (Å²) < 4.78 is 54.4. The number of aromatic nitrogens is 1. The molecular formula is C10H14N2. The van der Waals surface area contributed by atoms with Crippen LogP contribution in [0.15, 0.2) is 24.4 Å². The molecule has 12 heavy (non-hydrogen) atoms. The lowest BCUT2D eigenvalue weighted by atomic mass is 10.1. The highest BCUT2D eigenvalue weighted by Crippen LogP contribution is 2.29. The van der Waals surface area contributed by atoms with Gasteiger partial charge in [0.2, 0.25) is 0 Å². The second-order valence-corrected chi connectivity index (χ2v) is 2.69. The van der Waals surface area contributed by atoms with Crippen LogP contribution in [0.25, 0.3) is 0 Å². The van der Waals surface area contributed by atoms with Crippen molar-refractivity contribution in [3.63, 3.8) is 0 Å². The van der Waals surface area contributed by atoms with E-state index < -0.39 is 30.8 Å². The Kier molecular flexibility index (Phi) is 0.838. The highest BCUT2D eigenvalue weighted by atomic mass is 15.1. The van der Waals surface area contributed by atoms with E-state index in [0.29, 0.717) is 0 Å². The summed E-state index contributed by atoms with van der Waals surface area (Å²) in [5.41, 5.74) is -0.0997. The Bertz CT molecular complexity index is 533. The molecule has 0 radical (unpaired) electrons. The van der Waals surface area contributed by atoms with Gasteiger partial charge in [0.15, 0.2) is 0 Å². The van der Waals surface area contributed by atoms with Crippen LogP contribution in [0, 0.1) is 0 Å². The first-order chi connectivity index (χ1) is 8.58. The van der Waals surface area contributed by atoms with E-state index in [2.05, 4.69) is 4.98 Å². The van der Waals surface area contributed by atoms with E-state index in [9.17, 15) is 0 Å². The minimum absolute atomic E-state index is 0.0192. The van der Waals surface area contributed by atoms with Crippen LogP contribution in [0.5, 0.6) is 0 Å². The van der Waals surface area contributed by atoms with Crippen molar-refractivity contribution >= 4 is 0 Å². The van der Waals surface area contributed by atoms with Crippen molar-refractivity contribution in [3.05, 3.63) is 30.0 Å². The van der Waals surface area contributed by atoms with Gasteiger partial charge in [0.05, 0.1) is 6.85 Å². The molecule has 2 heterocycles. The maximum Gasteiger partial charge on any atom is 0.0843 e. The second kappa shape index (κ2) is 3.23. The summed E-state index contributed by atoms with van der Waals surface area (Å²) in [6, 6.07) is -2.41. The first-order valence-corrected chi connectivity index (χ1v) is 3.74. The van der Waals surface area contributed by atoms with Gasteiger partial charge < -0.3 is 0 Å². The van der Waals surface area contributed by atoms with Gasteiger partial charge in [-0.15, -0.1) is 0 Å². The molecule has 0 N–H and O–H groups in total. The number of pyridine rings is 1. The van der Waals surface area contributed by atoms with Crippen molar-refractivity contribution in [2.75, 3.05) is 13.6 Å². The molecule has 0 aromatic carbocycles. The van der Waals surface area contributed by atoms with Crippen LogP contribution < -0.4 is 0 Å². The summed E-state index contributed by atoms with van der Waals surface area (Å²) >= 11 is 0. The third kappa shape index (κ3) is 1.34. The summed E-state index contributed by atoms with van der Waals surface area (Å²) in [6.07, 6.45) is -2.64. The second-order valence-electron chi connectivity index (χ2n) is 2.69. The molecule has 1 atom stereocenters. The fraction of sp³-hybridized carbons (Fsp3) is 0.500. The predicted molar refractivity (Wildman–Crippen MR) is 48.8 cm³/mol. The third-order valence-corrected chi connectivity index (χ3v) is 1.86. The first kappa shape index (κ1) is 3.11. The van der Waals surface area contributed by atoms with E-state index in [4.69, 9.17) is 9.60 Å². The van der Waals surface area contributed by atoms with Crippen molar-refractivity contribution < 1.29 is 9.60 Å². The summed E-state index contributed by atoms with van der Waals surface area (Å²) in [4.78, 5) is 4.98. The monoisotopic (exact) mass is 169 g/mol. The molecule has 2 heteroatoms. The van der Waals surface area contributed by atoms with Crippen LogP contribution in [0.4, 0.5) is 0 Å². The van der Waals surface area contributed by atoms with Gasteiger partial charge in [-0.05, 0) is 38.0 Å². The van der Waals surface area contributed by atoms with Gasteiger partial charge in [-0.1, -0.05) is 6.04 Å². The van der Waals surface area contributed by atoms with Gasteiger partial charge >= 0.3 is 0 Å². The number of hydrogen-bond acceptors (Lipinski definition) is 2. The van der Waals surface area contributed by atoms with Crippen molar-refractivity contribution in [1.82, 2.24) is 9.88 Å². The average Bonchev–Trinajstić information content (AvgIpc) is 2.44. The molecule has 64 valence electrons. The Morgan fingerprint density at radius 2 is 2.83 bits per heavy atom. The lowest BCUT2D eigenvalue weighted by Crippen LogP contribution is -2.17. The topological polar surface area (TPSA) is 16.1 Å². The minimum Gasteiger partial charge on any atom is -0.299 e. The van der Waals surface area contributed by atoms with Crippen molar-refractivity contribution in [2.45, 2.75) is 18.8 Å². The van der Waals surface area contributed by atoms with Gasteiger partial charge in [0.1, 0.15) is 0 Å². The average molecular weight is 169 g/mol. The third-order valence-electron chi connectivity index (χ3n) is 1.86. The maximum atomic E-state index is 8.39. The van der Waals surface area contributed by atoms with E-state index in [-0.39, 0.29) is 24.6 Å². The minimum atomic E-state index is -1.59. The molecule has 1 aliphatic heterocycles. The molecule has 0 aliphatic carbocycles. The zero-order valence-electron chi connectivity index (χ0n) is 13.8. The van der Waals surface area contributed by atoms with E-state index in [1.807, 2.05) is 0 Å². The summed E-state index contributed by atoms with van der Waals surface area (Å²) in [7, 11) is 1.55. The molecule has 1 fully saturated rings. The van der Waals surface area contributed by atoms with Crippen molar-refractivity contribution in [2.24, 2.45) is 0 Å². The van der Waals surface area contributed by atoms with Gasteiger partial charge in [-0.3, -0.25) is 9.88 Å². The first-order valence-electron chi connectivity index (χ1n) is 7.24. The normalized spacial score (nSPS) is 43.2. The number of hydrogen-bond donors (Lipinski definition) is 0. The number of nitrogens with zero attached hydrogens (tertiary/aromatic N) is 2. The quantitative estimate of drug-likeness (QED) is 0.638. The maximum absolute atomic E-state index is 8.39. The fourth-order valence-electron chi connectivity index (χ4n) is 1.22. The lowest BCUT2D eigenvalue weighted by Gasteiger charge is -2.18. The van der Waals surface area contributed by atoms with Crippen LogP contribution in [-0.2, 0) is 0 Å². The molecule has 1 aromatic rings. The summed E-state index contributed by atoms with van der Waals surface area (Å²) in [5.74, 6) is 0. The molecule has 0 unspecified atom stereocenters. The molecule has 1 saturated heterocycles. The van der Waals surface area contributed by atoms with Gasteiger partial charge in [0, 0.05) is 21.1 Å². The molecule has 0 saturated carbocycles. The molecule has 0 spiro atoms. The van der Waals surface area contributed by atoms with Crippen molar-refractivity contribution in [1.29, 1.82) is 0 Å². The van der Waals surface area contributed by atoms with Gasteiger partial charge in [-0.25, -0.2) is 0 Å². The molecule has 2 nitrogen and oxygen atoms in total. The number of likely N-dealkylation sites (tertiary alicyclic amines) is 1. The van der Waals surface area contributed by atoms with Crippen LogP contribution in [0.3, 0.4) is 0 Å². The van der Waals surface area contributed by atoms with E-state index in [1.165, 1.54) is 4.90 Å². The highest BCUT2D eigenvalue weighted by Gasteiger charge is 2.21. The molecule has 0 amide bonds. The lowest BCUT2D eigenvalue weighted by molar-refractivity contribution is 0.317. The number of rotatable bonds is 1. The fourth-order valence-corrected chi connectivity index (χ4v) is 1.22. The summed E-state index contributed by atoms with van der Waals surface area (Å²) in [6.45, 7) is 0.0192. The Balaban J connectivity index is 2.63. The van der Waals surface area contributed by atoms with Gasteiger partial charge in [0.25, 0.3) is 0 Å². The standard InChI is InChI=1S/C10H14N2/c1-12-7-3-5-10(12)9-4-2-6-11-8-9/h2,4,6,8,10H,3,5,7H2,1H3/t10-/m0/s1/i2D,3D2,4D,6D,8D,10D. The summed E-state index contributed by atoms with van der Waals surface area (Å²) in [5, 5.41) is 0. The van der Waals surface area contributed by atoms with E-state index >= 15 is 0 Å². The Hall–Kier alpha value is -0.890. The Morgan fingerprint density at radius 1 is 1.92 bits per heavy atom. The van der Waals surface area contributed by atoms with E-state index in [1.54, 1.807) is 7.05 Å². The van der Waals surface area contributed by atoms with E-state index in [0.717, 1.165) is 0 Å². The zero-order chi connectivity index (χ0) is 14.6. The Morgan fingerprint density at radius 3 is 3.58 bits per heavy atom. The zero-order valence-corrected chi connectivity index (χ0v) is 6.81. The molecule has 1 aliphatic rings. The van der Waals surface area contributed by atoms with Gasteiger partial charge in [-0.2, -0.15) is 0 Å². The SMILES string of the molecule is [2H]c1nc([2H])c([C@]2([2H])CC([2H])([2H])CN2C)c([2H])c1[2H]. The van der Waals surface area contributed by atoms with Crippen LogP contribution in [0.1, 0.15) is 34.0 Å². The van der Waals surface area contributed by atoms with Crippen molar-refractivity contribution in [3.8, 4) is 0 Å². The molecule has 0 bridgehead atoms. The molecule has 2 rings (SSSR count). The molecular weight excluding hydrogens is 148 g/mol.